The lowest BCUT2D eigenvalue weighted by atomic mass is 10.1. The van der Waals surface area contributed by atoms with Crippen LogP contribution in [0, 0.1) is 20.8 Å². The largest absolute Gasteiger partial charge is 0.474 e. The summed E-state index contributed by atoms with van der Waals surface area (Å²) in [7, 11) is -3.63. The van der Waals surface area contributed by atoms with Gasteiger partial charge in [0.2, 0.25) is 15.9 Å². The number of para-hydroxylation sites is 1. The Bertz CT molecular complexity index is 1140. The Labute approximate surface area is 170 Å². The molecule has 29 heavy (non-hydrogen) atoms. The second kappa shape index (κ2) is 7.68. The predicted octanol–water partition coefficient (Wildman–Crippen LogP) is 3.18. The third kappa shape index (κ3) is 4.09. The molecular weight excluding hydrogens is 388 g/mol. The van der Waals surface area contributed by atoms with Crippen molar-refractivity contribution in [3.05, 3.63) is 53.6 Å². The van der Waals surface area contributed by atoms with Gasteiger partial charge in [0.1, 0.15) is 16.8 Å². The van der Waals surface area contributed by atoms with E-state index >= 15 is 0 Å². The van der Waals surface area contributed by atoms with Crippen molar-refractivity contribution in [2.45, 2.75) is 44.6 Å². The van der Waals surface area contributed by atoms with Gasteiger partial charge in [-0.1, -0.05) is 18.2 Å². The fraction of sp³-hybridized carbons (Fsp3) is 0.381. The zero-order valence-electron chi connectivity index (χ0n) is 16.8. The van der Waals surface area contributed by atoms with E-state index in [1.54, 1.807) is 18.2 Å². The van der Waals surface area contributed by atoms with E-state index in [0.29, 0.717) is 43.2 Å². The van der Waals surface area contributed by atoms with Crippen LogP contribution in [0.3, 0.4) is 0 Å². The highest BCUT2D eigenvalue weighted by molar-refractivity contribution is 7.89. The highest BCUT2D eigenvalue weighted by Gasteiger charge is 2.31. The topological polar surface area (TPSA) is 85.3 Å². The maximum absolute atomic E-state index is 13.3. The molecule has 1 saturated heterocycles. The Morgan fingerprint density at radius 3 is 2.45 bits per heavy atom. The summed E-state index contributed by atoms with van der Waals surface area (Å²) in [6.45, 7) is 6.39. The maximum Gasteiger partial charge on any atom is 0.245 e. The average Bonchev–Trinajstić information content (AvgIpc) is 2.67. The summed E-state index contributed by atoms with van der Waals surface area (Å²) in [5.41, 5.74) is 2.17. The fourth-order valence-corrected chi connectivity index (χ4v) is 5.30. The molecule has 3 heterocycles. The number of nitrogens with zero attached hydrogens (tertiary/aromatic N) is 4. The van der Waals surface area contributed by atoms with Crippen LogP contribution < -0.4 is 4.74 Å². The third-order valence-electron chi connectivity index (χ3n) is 5.07. The van der Waals surface area contributed by atoms with Crippen molar-refractivity contribution in [1.82, 2.24) is 19.3 Å². The van der Waals surface area contributed by atoms with Crippen LogP contribution in [0.25, 0.3) is 10.9 Å². The molecule has 0 atom stereocenters. The van der Waals surface area contributed by atoms with E-state index in [0.717, 1.165) is 16.8 Å². The Morgan fingerprint density at radius 1 is 0.966 bits per heavy atom. The van der Waals surface area contributed by atoms with Gasteiger partial charge >= 0.3 is 0 Å². The number of ether oxygens (including phenoxy) is 1. The van der Waals surface area contributed by atoms with Gasteiger partial charge in [0.05, 0.1) is 5.52 Å². The van der Waals surface area contributed by atoms with E-state index < -0.39 is 10.0 Å². The van der Waals surface area contributed by atoms with Gasteiger partial charge < -0.3 is 4.74 Å². The van der Waals surface area contributed by atoms with Crippen LogP contribution in [-0.4, -0.2) is 46.9 Å². The van der Waals surface area contributed by atoms with Gasteiger partial charge in [-0.3, -0.25) is 4.98 Å². The number of fused-ring (bicyclic) bond motifs is 1. The van der Waals surface area contributed by atoms with Gasteiger partial charge in [-0.2, -0.15) is 9.29 Å². The van der Waals surface area contributed by atoms with Crippen molar-refractivity contribution >= 4 is 20.9 Å². The molecule has 7 nitrogen and oxygen atoms in total. The first-order valence-electron chi connectivity index (χ1n) is 9.68. The summed E-state index contributed by atoms with van der Waals surface area (Å²) in [6, 6.07) is 10.9. The molecule has 8 heteroatoms. The summed E-state index contributed by atoms with van der Waals surface area (Å²) in [6.07, 6.45) is 1.15. The first kappa shape index (κ1) is 19.7. The number of piperidine rings is 1. The van der Waals surface area contributed by atoms with Gasteiger partial charge in [0, 0.05) is 35.9 Å². The fourth-order valence-electron chi connectivity index (χ4n) is 3.67. The standard InChI is InChI=1S/C21H24N4O3S/c1-14-7-8-17-5-4-6-19(21(17)23-14)29(26,27)25-11-9-18(10-12-25)28-20-13-15(2)22-16(3)24-20/h4-8,13,18H,9-12H2,1-3H3. The van der Waals surface area contributed by atoms with Crippen molar-refractivity contribution in [2.75, 3.05) is 13.1 Å². The minimum absolute atomic E-state index is 0.0666. The molecule has 0 N–H and O–H groups in total. The van der Waals surface area contributed by atoms with Crippen LogP contribution in [-0.2, 0) is 10.0 Å². The Balaban J connectivity index is 1.51. The van der Waals surface area contributed by atoms with E-state index in [4.69, 9.17) is 4.74 Å². The first-order valence-corrected chi connectivity index (χ1v) is 11.1. The van der Waals surface area contributed by atoms with Crippen LogP contribution in [0.2, 0.25) is 0 Å². The molecule has 1 aromatic carbocycles. The molecule has 0 bridgehead atoms. The van der Waals surface area contributed by atoms with Crippen molar-refractivity contribution in [3.63, 3.8) is 0 Å². The van der Waals surface area contributed by atoms with Crippen molar-refractivity contribution in [3.8, 4) is 5.88 Å². The zero-order valence-corrected chi connectivity index (χ0v) is 17.6. The van der Waals surface area contributed by atoms with Crippen LogP contribution in [0.15, 0.2) is 41.3 Å². The lowest BCUT2D eigenvalue weighted by Gasteiger charge is -2.31. The van der Waals surface area contributed by atoms with E-state index in [9.17, 15) is 8.42 Å². The molecule has 0 spiro atoms. The van der Waals surface area contributed by atoms with E-state index in [-0.39, 0.29) is 11.0 Å². The summed E-state index contributed by atoms with van der Waals surface area (Å²) < 4.78 is 34.1. The van der Waals surface area contributed by atoms with Gasteiger partial charge in [-0.25, -0.2) is 13.4 Å². The summed E-state index contributed by atoms with van der Waals surface area (Å²) in [5.74, 6) is 1.21. The van der Waals surface area contributed by atoms with Crippen molar-refractivity contribution in [1.29, 1.82) is 0 Å². The molecule has 1 aliphatic heterocycles. The first-order chi connectivity index (χ1) is 13.8. The van der Waals surface area contributed by atoms with Gasteiger partial charge in [-0.05, 0) is 45.7 Å². The SMILES string of the molecule is Cc1cc(OC2CCN(S(=O)(=O)c3cccc4ccc(C)nc34)CC2)nc(C)n1. The monoisotopic (exact) mass is 412 g/mol. The minimum Gasteiger partial charge on any atom is -0.474 e. The molecule has 1 fully saturated rings. The van der Waals surface area contributed by atoms with Crippen LogP contribution >= 0.6 is 0 Å². The number of hydrogen-bond donors (Lipinski definition) is 0. The van der Waals surface area contributed by atoms with E-state index in [2.05, 4.69) is 15.0 Å². The molecular formula is C21H24N4O3S. The summed E-state index contributed by atoms with van der Waals surface area (Å²) >= 11 is 0. The highest BCUT2D eigenvalue weighted by Crippen LogP contribution is 2.27. The number of aryl methyl sites for hydroxylation is 3. The molecule has 4 rings (SSSR count). The number of benzene rings is 1. The molecule has 0 amide bonds. The lowest BCUT2D eigenvalue weighted by molar-refractivity contribution is 0.129. The lowest BCUT2D eigenvalue weighted by Crippen LogP contribution is -2.41. The predicted molar refractivity (Wildman–Crippen MR) is 110 cm³/mol. The normalized spacial score (nSPS) is 16.2. The van der Waals surface area contributed by atoms with Gasteiger partial charge in [0.25, 0.3) is 0 Å². The molecule has 1 aliphatic rings. The summed E-state index contributed by atoms with van der Waals surface area (Å²) in [4.78, 5) is 13.3. The minimum atomic E-state index is -3.63. The molecule has 3 aromatic rings. The van der Waals surface area contributed by atoms with E-state index in [1.165, 1.54) is 4.31 Å². The molecule has 152 valence electrons. The zero-order chi connectivity index (χ0) is 20.6. The molecule has 0 saturated carbocycles. The van der Waals surface area contributed by atoms with Crippen LogP contribution in [0.4, 0.5) is 0 Å². The number of sulfonamides is 1. The average molecular weight is 413 g/mol. The van der Waals surface area contributed by atoms with Crippen LogP contribution in [0.5, 0.6) is 5.88 Å². The van der Waals surface area contributed by atoms with Crippen LogP contribution in [0.1, 0.15) is 30.1 Å². The smallest absolute Gasteiger partial charge is 0.245 e. The molecule has 0 aliphatic carbocycles. The Kier molecular flexibility index (Phi) is 5.23. The van der Waals surface area contributed by atoms with Crippen molar-refractivity contribution < 1.29 is 13.2 Å². The third-order valence-corrected chi connectivity index (χ3v) is 7.00. The second-order valence-corrected chi connectivity index (χ2v) is 9.30. The maximum atomic E-state index is 13.3. The second-order valence-electron chi connectivity index (χ2n) is 7.40. The number of aromatic nitrogens is 3. The van der Waals surface area contributed by atoms with Gasteiger partial charge in [-0.15, -0.1) is 0 Å². The number of pyridine rings is 1. The Hall–Kier alpha value is -2.58. The molecule has 2 aromatic heterocycles. The molecule has 0 radical (unpaired) electrons. The quantitative estimate of drug-likeness (QED) is 0.654. The number of rotatable bonds is 4. The van der Waals surface area contributed by atoms with Crippen molar-refractivity contribution in [2.24, 2.45) is 0 Å². The van der Waals surface area contributed by atoms with Gasteiger partial charge in [0.15, 0.2) is 0 Å². The Morgan fingerprint density at radius 2 is 1.72 bits per heavy atom. The summed E-state index contributed by atoms with van der Waals surface area (Å²) in [5, 5.41) is 0.824. The number of hydrogen-bond acceptors (Lipinski definition) is 6. The molecule has 0 unspecified atom stereocenters. The highest BCUT2D eigenvalue weighted by atomic mass is 32.2. The van der Waals surface area contributed by atoms with E-state index in [1.807, 2.05) is 39.0 Å².